The molecule has 0 aromatic heterocycles. The Labute approximate surface area is 130 Å². The number of carboxylic acids is 1. The number of rotatable bonds is 5. The van der Waals surface area contributed by atoms with E-state index in [1.807, 2.05) is 24.0 Å². The molecule has 5 nitrogen and oxygen atoms in total. The zero-order valence-corrected chi connectivity index (χ0v) is 13.2. The van der Waals surface area contributed by atoms with E-state index in [4.69, 9.17) is 9.84 Å². The average molecular weight is 305 g/mol. The molecule has 120 valence electrons. The zero-order valence-electron chi connectivity index (χ0n) is 13.2. The predicted octanol–water partition coefficient (Wildman–Crippen LogP) is 2.72. The molecular formula is C17H23NO4. The summed E-state index contributed by atoms with van der Waals surface area (Å²) in [5.41, 5.74) is 1.62. The summed E-state index contributed by atoms with van der Waals surface area (Å²) in [7, 11) is 1.60. The van der Waals surface area contributed by atoms with Crippen molar-refractivity contribution in [2.45, 2.75) is 32.6 Å². The minimum Gasteiger partial charge on any atom is -0.496 e. The molecule has 0 radical (unpaired) electrons. The molecule has 0 bridgehead atoms. The molecule has 1 N–H and O–H groups in total. The number of piperidine rings is 1. The van der Waals surface area contributed by atoms with E-state index in [0.717, 1.165) is 24.9 Å². The number of ether oxygens (including phenoxy) is 1. The van der Waals surface area contributed by atoms with Gasteiger partial charge in [0.2, 0.25) is 0 Å². The number of methoxy groups -OCH3 is 1. The van der Waals surface area contributed by atoms with Gasteiger partial charge in [-0.3, -0.25) is 9.59 Å². The van der Waals surface area contributed by atoms with Crippen molar-refractivity contribution in [2.75, 3.05) is 20.2 Å². The lowest BCUT2D eigenvalue weighted by Gasteiger charge is -2.32. The van der Waals surface area contributed by atoms with Crippen LogP contribution in [-0.4, -0.2) is 42.1 Å². The van der Waals surface area contributed by atoms with Gasteiger partial charge in [0.15, 0.2) is 0 Å². The third-order valence-corrected chi connectivity index (χ3v) is 4.23. The van der Waals surface area contributed by atoms with E-state index in [1.165, 1.54) is 0 Å². The van der Waals surface area contributed by atoms with Crippen molar-refractivity contribution >= 4 is 11.9 Å². The summed E-state index contributed by atoms with van der Waals surface area (Å²) in [6.07, 6.45) is 2.73. The molecule has 1 aromatic carbocycles. The van der Waals surface area contributed by atoms with Crippen LogP contribution in [0.3, 0.4) is 0 Å². The summed E-state index contributed by atoms with van der Waals surface area (Å²) in [6, 6.07) is 5.48. The van der Waals surface area contributed by atoms with Gasteiger partial charge in [0, 0.05) is 25.1 Å². The first kappa shape index (κ1) is 16.3. The lowest BCUT2D eigenvalue weighted by atomic mass is 9.93. The van der Waals surface area contributed by atoms with Crippen LogP contribution in [0, 0.1) is 12.8 Å². The molecule has 1 atom stereocenters. The summed E-state index contributed by atoms with van der Waals surface area (Å²) in [4.78, 5) is 25.1. The second-order valence-corrected chi connectivity index (χ2v) is 5.88. The van der Waals surface area contributed by atoms with Crippen molar-refractivity contribution in [3.05, 3.63) is 29.3 Å². The highest BCUT2D eigenvalue weighted by Crippen LogP contribution is 2.24. The molecule has 1 saturated heterocycles. The molecule has 1 heterocycles. The normalized spacial score (nSPS) is 18.1. The molecule has 1 aliphatic heterocycles. The van der Waals surface area contributed by atoms with E-state index < -0.39 is 5.97 Å². The maximum atomic E-state index is 12.6. The molecule has 2 rings (SSSR count). The van der Waals surface area contributed by atoms with Crippen molar-refractivity contribution in [2.24, 2.45) is 5.92 Å². The lowest BCUT2D eigenvalue weighted by Crippen LogP contribution is -2.40. The molecule has 5 heteroatoms. The quantitative estimate of drug-likeness (QED) is 0.908. The largest absolute Gasteiger partial charge is 0.496 e. The number of hydrogen-bond donors (Lipinski definition) is 1. The maximum absolute atomic E-state index is 12.6. The monoisotopic (exact) mass is 305 g/mol. The number of benzene rings is 1. The van der Waals surface area contributed by atoms with Crippen LogP contribution >= 0.6 is 0 Å². The SMILES string of the molecule is COc1cc(C(=O)N2CCC[C@@H](CCC(=O)O)C2)ccc1C. The Kier molecular flexibility index (Phi) is 5.41. The van der Waals surface area contributed by atoms with E-state index in [9.17, 15) is 9.59 Å². The molecule has 1 amide bonds. The van der Waals surface area contributed by atoms with E-state index in [0.29, 0.717) is 24.3 Å². The van der Waals surface area contributed by atoms with Crippen molar-refractivity contribution in [1.29, 1.82) is 0 Å². The van der Waals surface area contributed by atoms with Gasteiger partial charge in [-0.15, -0.1) is 0 Å². The summed E-state index contributed by atoms with van der Waals surface area (Å²) in [6.45, 7) is 3.32. The third-order valence-electron chi connectivity index (χ3n) is 4.23. The Balaban J connectivity index is 2.03. The molecule has 0 saturated carbocycles. The number of carbonyl (C=O) groups is 2. The fraction of sp³-hybridized carbons (Fsp3) is 0.529. The van der Waals surface area contributed by atoms with Gasteiger partial charge < -0.3 is 14.7 Å². The fourth-order valence-corrected chi connectivity index (χ4v) is 2.95. The van der Waals surface area contributed by atoms with Gasteiger partial charge in [-0.05, 0) is 49.8 Å². The smallest absolute Gasteiger partial charge is 0.303 e. The van der Waals surface area contributed by atoms with E-state index >= 15 is 0 Å². The predicted molar refractivity (Wildman–Crippen MR) is 83.2 cm³/mol. The van der Waals surface area contributed by atoms with Gasteiger partial charge in [0.1, 0.15) is 5.75 Å². The van der Waals surface area contributed by atoms with E-state index in [-0.39, 0.29) is 18.2 Å². The van der Waals surface area contributed by atoms with Gasteiger partial charge in [-0.25, -0.2) is 0 Å². The number of carboxylic acid groups (broad SMARTS) is 1. The van der Waals surface area contributed by atoms with Gasteiger partial charge in [0.25, 0.3) is 5.91 Å². The summed E-state index contributed by atoms with van der Waals surface area (Å²) < 4.78 is 5.27. The van der Waals surface area contributed by atoms with Gasteiger partial charge in [-0.1, -0.05) is 6.07 Å². The van der Waals surface area contributed by atoms with E-state index in [1.54, 1.807) is 13.2 Å². The Hall–Kier alpha value is -2.04. The standard InChI is InChI=1S/C17H23NO4/c1-12-5-7-14(10-15(12)22-2)17(21)18-9-3-4-13(11-18)6-8-16(19)20/h5,7,10,13H,3-4,6,8-9,11H2,1-2H3,(H,19,20)/t13-/m0/s1. The number of carbonyl (C=O) groups excluding carboxylic acids is 1. The lowest BCUT2D eigenvalue weighted by molar-refractivity contribution is -0.137. The number of likely N-dealkylation sites (tertiary alicyclic amines) is 1. The van der Waals surface area contributed by atoms with Crippen LogP contribution in [-0.2, 0) is 4.79 Å². The number of aliphatic carboxylic acids is 1. The first-order valence-electron chi connectivity index (χ1n) is 7.67. The van der Waals surface area contributed by atoms with Crippen LogP contribution in [0.4, 0.5) is 0 Å². The highest BCUT2D eigenvalue weighted by atomic mass is 16.5. The Morgan fingerprint density at radius 3 is 2.86 bits per heavy atom. The van der Waals surface area contributed by atoms with E-state index in [2.05, 4.69) is 0 Å². The summed E-state index contributed by atoms with van der Waals surface area (Å²) >= 11 is 0. The molecule has 1 aliphatic rings. The number of amides is 1. The number of hydrogen-bond acceptors (Lipinski definition) is 3. The molecular weight excluding hydrogens is 282 g/mol. The van der Waals surface area contributed by atoms with Gasteiger partial charge in [0.05, 0.1) is 7.11 Å². The van der Waals surface area contributed by atoms with Crippen LogP contribution in [0.25, 0.3) is 0 Å². The first-order valence-corrected chi connectivity index (χ1v) is 7.67. The number of aryl methyl sites for hydroxylation is 1. The van der Waals surface area contributed by atoms with Crippen LogP contribution < -0.4 is 4.74 Å². The minimum atomic E-state index is -0.772. The average Bonchev–Trinajstić information content (AvgIpc) is 2.53. The van der Waals surface area contributed by atoms with Crippen molar-refractivity contribution in [3.63, 3.8) is 0 Å². The minimum absolute atomic E-state index is 0.00155. The Morgan fingerprint density at radius 1 is 1.41 bits per heavy atom. The fourth-order valence-electron chi connectivity index (χ4n) is 2.95. The zero-order chi connectivity index (χ0) is 16.1. The van der Waals surface area contributed by atoms with Crippen molar-refractivity contribution in [3.8, 4) is 5.75 Å². The summed E-state index contributed by atoms with van der Waals surface area (Å²) in [5, 5.41) is 8.79. The number of nitrogens with zero attached hydrogens (tertiary/aromatic N) is 1. The molecule has 1 fully saturated rings. The second kappa shape index (κ2) is 7.29. The molecule has 0 aliphatic carbocycles. The highest BCUT2D eigenvalue weighted by molar-refractivity contribution is 5.94. The highest BCUT2D eigenvalue weighted by Gasteiger charge is 2.25. The summed E-state index contributed by atoms with van der Waals surface area (Å²) in [5.74, 6) is 0.219. The van der Waals surface area contributed by atoms with Crippen LogP contribution in [0.5, 0.6) is 5.75 Å². The first-order chi connectivity index (χ1) is 10.5. The molecule has 1 aromatic rings. The van der Waals surface area contributed by atoms with Crippen LogP contribution in [0.15, 0.2) is 18.2 Å². The topological polar surface area (TPSA) is 66.8 Å². The van der Waals surface area contributed by atoms with Crippen LogP contribution in [0.2, 0.25) is 0 Å². The molecule has 22 heavy (non-hydrogen) atoms. The van der Waals surface area contributed by atoms with Crippen molar-refractivity contribution < 1.29 is 19.4 Å². The van der Waals surface area contributed by atoms with Crippen molar-refractivity contribution in [1.82, 2.24) is 4.90 Å². The molecule has 0 unspecified atom stereocenters. The Bertz CT molecular complexity index is 556. The third kappa shape index (κ3) is 4.00. The second-order valence-electron chi connectivity index (χ2n) is 5.88. The van der Waals surface area contributed by atoms with Gasteiger partial charge in [-0.2, -0.15) is 0 Å². The molecule has 0 spiro atoms. The van der Waals surface area contributed by atoms with Crippen LogP contribution in [0.1, 0.15) is 41.6 Å². The maximum Gasteiger partial charge on any atom is 0.303 e. The Morgan fingerprint density at radius 2 is 2.18 bits per heavy atom. The van der Waals surface area contributed by atoms with Gasteiger partial charge >= 0.3 is 5.97 Å².